The average molecular weight is 399 g/mol. The molecule has 158 valence electrons. The van der Waals surface area contributed by atoms with Crippen molar-refractivity contribution in [1.82, 2.24) is 0 Å². The summed E-state index contributed by atoms with van der Waals surface area (Å²) in [4.78, 5) is 11.7. The zero-order chi connectivity index (χ0) is 19.9. The summed E-state index contributed by atoms with van der Waals surface area (Å²) in [5.74, 6) is 0. The number of benzene rings is 1. The fourth-order valence-electron chi connectivity index (χ4n) is 2.74. The van der Waals surface area contributed by atoms with Crippen molar-refractivity contribution in [3.63, 3.8) is 0 Å². The van der Waals surface area contributed by atoms with Gasteiger partial charge in [0.25, 0.3) is 5.69 Å². The van der Waals surface area contributed by atoms with Crippen LogP contribution in [-0.2, 0) is 30.2 Å². The molecule has 1 aliphatic rings. The highest BCUT2D eigenvalue weighted by Crippen LogP contribution is 2.11. The standard InChI is InChI=1S/C19H30N2O7/c22-21(23)19-3-1-18(2-4-19)17-20-5-7-24-9-11-26-13-15-28-16-14-27-12-10-25-8-6-20/h1-4H,5-17H2/p+1. The van der Waals surface area contributed by atoms with Gasteiger partial charge in [-0.1, -0.05) is 0 Å². The molecule has 1 fully saturated rings. The Bertz CT molecular complexity index is 524. The van der Waals surface area contributed by atoms with Crippen LogP contribution < -0.4 is 4.90 Å². The van der Waals surface area contributed by atoms with Crippen molar-refractivity contribution >= 4 is 5.69 Å². The zero-order valence-corrected chi connectivity index (χ0v) is 16.3. The van der Waals surface area contributed by atoms with Gasteiger partial charge in [0, 0.05) is 17.7 Å². The predicted molar refractivity (Wildman–Crippen MR) is 102 cm³/mol. The Hall–Kier alpha value is -1.62. The van der Waals surface area contributed by atoms with Gasteiger partial charge in [-0.05, 0) is 12.1 Å². The summed E-state index contributed by atoms with van der Waals surface area (Å²) >= 11 is 0. The first-order valence-electron chi connectivity index (χ1n) is 9.71. The Kier molecular flexibility index (Phi) is 11.6. The number of rotatable bonds is 3. The maximum Gasteiger partial charge on any atom is 0.269 e. The lowest BCUT2D eigenvalue weighted by Gasteiger charge is -2.20. The summed E-state index contributed by atoms with van der Waals surface area (Å²) in [5, 5.41) is 10.8. The van der Waals surface area contributed by atoms with E-state index >= 15 is 0 Å². The van der Waals surface area contributed by atoms with E-state index in [1.54, 1.807) is 12.1 Å². The summed E-state index contributed by atoms with van der Waals surface area (Å²) in [7, 11) is 0. The van der Waals surface area contributed by atoms with Crippen molar-refractivity contribution in [3.8, 4) is 0 Å². The number of nitro groups is 1. The van der Waals surface area contributed by atoms with Crippen molar-refractivity contribution in [1.29, 1.82) is 0 Å². The van der Waals surface area contributed by atoms with Crippen LogP contribution in [0.25, 0.3) is 0 Å². The second kappa shape index (κ2) is 14.4. The molecule has 1 heterocycles. The largest absolute Gasteiger partial charge is 0.377 e. The van der Waals surface area contributed by atoms with Crippen LogP contribution in [0.15, 0.2) is 24.3 Å². The molecule has 28 heavy (non-hydrogen) atoms. The molecule has 0 aromatic heterocycles. The van der Waals surface area contributed by atoms with Crippen LogP contribution in [0.1, 0.15) is 5.56 Å². The number of nitrogens with one attached hydrogen (secondary N) is 1. The summed E-state index contributed by atoms with van der Waals surface area (Å²) in [6.07, 6.45) is 0. The van der Waals surface area contributed by atoms with Gasteiger partial charge in [-0.2, -0.15) is 0 Å². The molecule has 2 rings (SSSR count). The highest BCUT2D eigenvalue weighted by Gasteiger charge is 2.12. The number of nitrogens with zero attached hydrogens (tertiary/aromatic N) is 1. The molecule has 0 atom stereocenters. The Balaban J connectivity index is 1.80. The summed E-state index contributed by atoms with van der Waals surface area (Å²) in [6, 6.07) is 6.70. The fraction of sp³-hybridized carbons (Fsp3) is 0.684. The molecule has 1 aliphatic heterocycles. The molecular formula is C19H31N2O7+. The molecule has 0 radical (unpaired) electrons. The fourth-order valence-corrected chi connectivity index (χ4v) is 2.74. The van der Waals surface area contributed by atoms with Gasteiger partial charge < -0.3 is 28.6 Å². The van der Waals surface area contributed by atoms with E-state index < -0.39 is 0 Å². The molecule has 0 spiro atoms. The number of non-ortho nitro benzene ring substituents is 1. The number of quaternary nitrogens is 1. The van der Waals surface area contributed by atoms with Crippen LogP contribution in [0, 0.1) is 10.1 Å². The van der Waals surface area contributed by atoms with E-state index in [-0.39, 0.29) is 10.6 Å². The number of hydrogen-bond donors (Lipinski definition) is 1. The summed E-state index contributed by atoms with van der Waals surface area (Å²) in [5.41, 5.74) is 1.16. The van der Waals surface area contributed by atoms with Gasteiger partial charge in [0.15, 0.2) is 0 Å². The third-order valence-electron chi connectivity index (χ3n) is 4.29. The van der Waals surface area contributed by atoms with Gasteiger partial charge in [0.1, 0.15) is 19.6 Å². The molecule has 1 N–H and O–H groups in total. The lowest BCUT2D eigenvalue weighted by atomic mass is 10.2. The van der Waals surface area contributed by atoms with Crippen molar-refractivity contribution in [2.75, 3.05) is 79.2 Å². The van der Waals surface area contributed by atoms with Crippen molar-refractivity contribution in [3.05, 3.63) is 39.9 Å². The minimum Gasteiger partial charge on any atom is -0.377 e. The number of ether oxygens (including phenoxy) is 5. The third-order valence-corrected chi connectivity index (χ3v) is 4.29. The number of hydrogen-bond acceptors (Lipinski definition) is 7. The lowest BCUT2D eigenvalue weighted by Crippen LogP contribution is -3.11. The van der Waals surface area contributed by atoms with Crippen molar-refractivity contribution in [2.24, 2.45) is 0 Å². The lowest BCUT2D eigenvalue weighted by molar-refractivity contribution is -0.914. The second-order valence-corrected chi connectivity index (χ2v) is 6.41. The molecule has 0 bridgehead atoms. The van der Waals surface area contributed by atoms with Gasteiger partial charge in [-0.15, -0.1) is 0 Å². The predicted octanol–water partition coefficient (Wildman–Crippen LogP) is 0.0763. The Labute approximate surface area is 165 Å². The maximum absolute atomic E-state index is 10.8. The SMILES string of the molecule is O=[N+]([O-])c1ccc(C[NH+]2CCOCCOCCOCCOCCOCC2)cc1. The summed E-state index contributed by atoms with van der Waals surface area (Å²) in [6.45, 7) is 8.00. The van der Waals surface area contributed by atoms with Crippen LogP contribution in [0.4, 0.5) is 5.69 Å². The first-order valence-corrected chi connectivity index (χ1v) is 9.71. The average Bonchev–Trinajstić information content (AvgIpc) is 2.69. The molecule has 0 saturated carbocycles. The van der Waals surface area contributed by atoms with Crippen LogP contribution in [0.5, 0.6) is 0 Å². The van der Waals surface area contributed by atoms with E-state index in [4.69, 9.17) is 23.7 Å². The molecule has 9 heteroatoms. The highest BCUT2D eigenvalue weighted by atomic mass is 16.6. The Morgan fingerprint density at radius 2 is 1.11 bits per heavy atom. The summed E-state index contributed by atoms with van der Waals surface area (Å²) < 4.78 is 27.6. The Morgan fingerprint density at radius 1 is 0.714 bits per heavy atom. The smallest absolute Gasteiger partial charge is 0.269 e. The minimum atomic E-state index is -0.384. The monoisotopic (exact) mass is 399 g/mol. The molecule has 1 aromatic carbocycles. The van der Waals surface area contributed by atoms with Gasteiger partial charge in [0.05, 0.1) is 71.0 Å². The molecule has 1 aromatic rings. The van der Waals surface area contributed by atoms with Crippen LogP contribution in [-0.4, -0.2) is 84.1 Å². The van der Waals surface area contributed by atoms with Crippen LogP contribution >= 0.6 is 0 Å². The number of nitro benzene ring substituents is 1. The van der Waals surface area contributed by atoms with Gasteiger partial charge in [-0.3, -0.25) is 10.1 Å². The van der Waals surface area contributed by atoms with Crippen molar-refractivity contribution in [2.45, 2.75) is 6.54 Å². The normalized spacial score (nSPS) is 20.1. The van der Waals surface area contributed by atoms with Gasteiger partial charge in [0.2, 0.25) is 0 Å². The molecular weight excluding hydrogens is 368 g/mol. The van der Waals surface area contributed by atoms with Crippen LogP contribution in [0.2, 0.25) is 0 Å². The van der Waals surface area contributed by atoms with E-state index in [2.05, 4.69) is 0 Å². The molecule has 0 aliphatic carbocycles. The Morgan fingerprint density at radius 3 is 1.50 bits per heavy atom. The van der Waals surface area contributed by atoms with E-state index in [9.17, 15) is 10.1 Å². The quantitative estimate of drug-likeness (QED) is 0.568. The molecule has 0 amide bonds. The minimum absolute atomic E-state index is 0.107. The first kappa shape index (κ1) is 22.7. The first-order chi connectivity index (χ1) is 13.8. The molecule has 1 saturated heterocycles. The van der Waals surface area contributed by atoms with Crippen molar-refractivity contribution < 1.29 is 33.5 Å². The van der Waals surface area contributed by atoms with E-state index in [1.165, 1.54) is 4.90 Å². The molecule has 0 unspecified atom stereocenters. The van der Waals surface area contributed by atoms with Gasteiger partial charge >= 0.3 is 0 Å². The van der Waals surface area contributed by atoms with Crippen LogP contribution in [0.3, 0.4) is 0 Å². The van der Waals surface area contributed by atoms with E-state index in [1.807, 2.05) is 12.1 Å². The van der Waals surface area contributed by atoms with E-state index in [0.717, 1.165) is 25.2 Å². The zero-order valence-electron chi connectivity index (χ0n) is 16.3. The second-order valence-electron chi connectivity index (χ2n) is 6.41. The highest BCUT2D eigenvalue weighted by molar-refractivity contribution is 5.32. The topological polar surface area (TPSA) is 93.7 Å². The third kappa shape index (κ3) is 10.1. The van der Waals surface area contributed by atoms with E-state index in [0.29, 0.717) is 66.1 Å². The van der Waals surface area contributed by atoms with Gasteiger partial charge in [-0.25, -0.2) is 0 Å². The molecule has 9 nitrogen and oxygen atoms in total. The maximum atomic E-state index is 10.8.